The molecule has 19 heavy (non-hydrogen) atoms. The Kier molecular flexibility index (Phi) is 5.31. The lowest BCUT2D eigenvalue weighted by Gasteiger charge is -2.13. The molecule has 0 saturated heterocycles. The number of aromatic carboxylic acids is 1. The standard InChI is InChI=1S/C17H20O2/c1-5-7-9-14(8-6-2)16-13(4)12(3)10-11-15(16)17(18)19/h6-11H,2,5H2,1,3-4H3,(H,18,19)/b9-7-,14-8+. The molecule has 0 fully saturated rings. The van der Waals surface area contributed by atoms with Gasteiger partial charge in [-0.25, -0.2) is 4.79 Å². The molecule has 0 aliphatic heterocycles. The summed E-state index contributed by atoms with van der Waals surface area (Å²) in [5.41, 5.74) is 4.07. The number of carboxylic acid groups (broad SMARTS) is 1. The van der Waals surface area contributed by atoms with Gasteiger partial charge in [0, 0.05) is 0 Å². The maximum Gasteiger partial charge on any atom is 0.336 e. The minimum absolute atomic E-state index is 0.331. The first-order valence-electron chi connectivity index (χ1n) is 6.36. The molecule has 0 aliphatic rings. The number of carboxylic acids is 1. The van der Waals surface area contributed by atoms with E-state index in [0.717, 1.165) is 28.7 Å². The zero-order chi connectivity index (χ0) is 14.4. The summed E-state index contributed by atoms with van der Waals surface area (Å²) in [7, 11) is 0. The highest BCUT2D eigenvalue weighted by Crippen LogP contribution is 2.27. The number of benzene rings is 1. The third-order valence-corrected chi connectivity index (χ3v) is 3.09. The molecule has 0 bridgehead atoms. The molecule has 1 rings (SSSR count). The Morgan fingerprint density at radius 1 is 1.37 bits per heavy atom. The van der Waals surface area contributed by atoms with Crippen LogP contribution < -0.4 is 0 Å². The van der Waals surface area contributed by atoms with Gasteiger partial charge >= 0.3 is 5.97 Å². The van der Waals surface area contributed by atoms with E-state index in [4.69, 9.17) is 0 Å². The van der Waals surface area contributed by atoms with E-state index in [1.54, 1.807) is 12.1 Å². The lowest BCUT2D eigenvalue weighted by Crippen LogP contribution is -2.05. The quantitative estimate of drug-likeness (QED) is 0.785. The summed E-state index contributed by atoms with van der Waals surface area (Å²) in [5.74, 6) is -0.905. The van der Waals surface area contributed by atoms with E-state index < -0.39 is 5.97 Å². The monoisotopic (exact) mass is 256 g/mol. The van der Waals surface area contributed by atoms with Crippen molar-refractivity contribution in [1.82, 2.24) is 0 Å². The van der Waals surface area contributed by atoms with Gasteiger partial charge in [-0.05, 0) is 48.6 Å². The lowest BCUT2D eigenvalue weighted by molar-refractivity contribution is 0.0696. The largest absolute Gasteiger partial charge is 0.478 e. The predicted octanol–water partition coefficient (Wildman–Crippen LogP) is 4.54. The number of rotatable bonds is 5. The molecule has 0 heterocycles. The van der Waals surface area contributed by atoms with E-state index in [9.17, 15) is 9.90 Å². The SMILES string of the molecule is C=C/C=C(\C=C/CC)c1c(C(=O)O)ccc(C)c1C. The van der Waals surface area contributed by atoms with E-state index in [0.29, 0.717) is 5.56 Å². The van der Waals surface area contributed by atoms with Crippen LogP contribution in [0.4, 0.5) is 0 Å². The molecule has 0 radical (unpaired) electrons. The fourth-order valence-corrected chi connectivity index (χ4v) is 1.96. The molecule has 1 N–H and O–H groups in total. The first kappa shape index (κ1) is 15.0. The van der Waals surface area contributed by atoms with Crippen LogP contribution in [0.3, 0.4) is 0 Å². The van der Waals surface area contributed by atoms with Crippen LogP contribution in [-0.2, 0) is 0 Å². The maximum atomic E-state index is 11.4. The highest BCUT2D eigenvalue weighted by atomic mass is 16.4. The molecule has 0 aromatic heterocycles. The normalized spacial score (nSPS) is 11.8. The van der Waals surface area contributed by atoms with E-state index >= 15 is 0 Å². The van der Waals surface area contributed by atoms with Gasteiger partial charge in [0.15, 0.2) is 0 Å². The zero-order valence-corrected chi connectivity index (χ0v) is 11.7. The summed E-state index contributed by atoms with van der Waals surface area (Å²) in [6.07, 6.45) is 8.41. The van der Waals surface area contributed by atoms with Crippen LogP contribution in [0.25, 0.3) is 5.57 Å². The molecule has 1 aromatic carbocycles. The van der Waals surface area contributed by atoms with Crippen molar-refractivity contribution in [1.29, 1.82) is 0 Å². The highest BCUT2D eigenvalue weighted by Gasteiger charge is 2.15. The van der Waals surface area contributed by atoms with Crippen LogP contribution in [0, 0.1) is 13.8 Å². The summed E-state index contributed by atoms with van der Waals surface area (Å²) in [5, 5.41) is 9.35. The minimum atomic E-state index is -0.905. The Labute approximate surface area is 114 Å². The summed E-state index contributed by atoms with van der Waals surface area (Å²) < 4.78 is 0. The van der Waals surface area contributed by atoms with Crippen LogP contribution in [0.2, 0.25) is 0 Å². The van der Waals surface area contributed by atoms with Crippen molar-refractivity contribution in [3.8, 4) is 0 Å². The van der Waals surface area contributed by atoms with Gasteiger partial charge in [-0.15, -0.1) is 0 Å². The fourth-order valence-electron chi connectivity index (χ4n) is 1.96. The summed E-state index contributed by atoms with van der Waals surface area (Å²) in [6, 6.07) is 3.51. The molecule has 1 aromatic rings. The summed E-state index contributed by atoms with van der Waals surface area (Å²) in [6.45, 7) is 9.69. The van der Waals surface area contributed by atoms with Gasteiger partial charge in [0.1, 0.15) is 0 Å². The summed E-state index contributed by atoms with van der Waals surface area (Å²) in [4.78, 5) is 11.4. The second-order valence-corrected chi connectivity index (χ2v) is 4.40. The van der Waals surface area contributed by atoms with Crippen molar-refractivity contribution < 1.29 is 9.90 Å². The van der Waals surface area contributed by atoms with Gasteiger partial charge in [-0.3, -0.25) is 0 Å². The molecular formula is C17H20O2. The number of allylic oxidation sites excluding steroid dienone is 5. The van der Waals surface area contributed by atoms with Crippen molar-refractivity contribution in [3.05, 3.63) is 65.3 Å². The Bertz CT molecular complexity index is 549. The van der Waals surface area contributed by atoms with Crippen molar-refractivity contribution >= 4 is 11.5 Å². The molecule has 2 nitrogen and oxygen atoms in total. The van der Waals surface area contributed by atoms with E-state index in [2.05, 4.69) is 6.58 Å². The van der Waals surface area contributed by atoms with E-state index in [-0.39, 0.29) is 0 Å². The Morgan fingerprint density at radius 3 is 2.58 bits per heavy atom. The molecule has 0 saturated carbocycles. The summed E-state index contributed by atoms with van der Waals surface area (Å²) >= 11 is 0. The third kappa shape index (κ3) is 3.44. The van der Waals surface area contributed by atoms with Crippen LogP contribution >= 0.6 is 0 Å². The highest BCUT2D eigenvalue weighted by molar-refractivity contribution is 5.97. The molecule has 0 aliphatic carbocycles. The minimum Gasteiger partial charge on any atom is -0.478 e. The first-order valence-corrected chi connectivity index (χ1v) is 6.36. The van der Waals surface area contributed by atoms with Gasteiger partial charge in [0.05, 0.1) is 5.56 Å². The number of hydrogen-bond acceptors (Lipinski definition) is 1. The molecule has 0 atom stereocenters. The van der Waals surface area contributed by atoms with Gasteiger partial charge in [-0.2, -0.15) is 0 Å². The molecular weight excluding hydrogens is 236 g/mol. The Hall–Kier alpha value is -2.09. The van der Waals surface area contributed by atoms with E-state index in [1.807, 2.05) is 45.1 Å². The second kappa shape index (κ2) is 6.74. The average molecular weight is 256 g/mol. The number of carbonyl (C=O) groups is 1. The maximum absolute atomic E-state index is 11.4. The van der Waals surface area contributed by atoms with Crippen LogP contribution in [0.5, 0.6) is 0 Å². The lowest BCUT2D eigenvalue weighted by atomic mass is 9.91. The van der Waals surface area contributed by atoms with Gasteiger partial charge in [0.25, 0.3) is 0 Å². The van der Waals surface area contributed by atoms with Gasteiger partial charge in [0.2, 0.25) is 0 Å². The Morgan fingerprint density at radius 2 is 2.05 bits per heavy atom. The fraction of sp³-hybridized carbons (Fsp3) is 0.235. The molecule has 2 heteroatoms. The molecule has 0 amide bonds. The van der Waals surface area contributed by atoms with Crippen LogP contribution in [-0.4, -0.2) is 11.1 Å². The number of aryl methyl sites for hydroxylation is 1. The van der Waals surface area contributed by atoms with Crippen molar-refractivity contribution in [2.45, 2.75) is 27.2 Å². The van der Waals surface area contributed by atoms with Crippen molar-refractivity contribution in [2.75, 3.05) is 0 Å². The smallest absolute Gasteiger partial charge is 0.336 e. The number of hydrogen-bond donors (Lipinski definition) is 1. The molecule has 0 spiro atoms. The van der Waals surface area contributed by atoms with Crippen LogP contribution in [0.15, 0.2) is 43.0 Å². The van der Waals surface area contributed by atoms with Crippen molar-refractivity contribution in [3.63, 3.8) is 0 Å². The van der Waals surface area contributed by atoms with Crippen molar-refractivity contribution in [2.24, 2.45) is 0 Å². The third-order valence-electron chi connectivity index (χ3n) is 3.09. The average Bonchev–Trinajstić information content (AvgIpc) is 2.37. The zero-order valence-electron chi connectivity index (χ0n) is 11.7. The first-order chi connectivity index (χ1) is 9.02. The predicted molar refractivity (Wildman–Crippen MR) is 80.5 cm³/mol. The molecule has 0 unspecified atom stereocenters. The van der Waals surface area contributed by atoms with Crippen LogP contribution in [0.1, 0.15) is 40.4 Å². The van der Waals surface area contributed by atoms with Gasteiger partial charge in [-0.1, -0.05) is 43.9 Å². The van der Waals surface area contributed by atoms with E-state index in [1.165, 1.54) is 0 Å². The topological polar surface area (TPSA) is 37.3 Å². The second-order valence-electron chi connectivity index (χ2n) is 4.40. The molecule has 100 valence electrons. The van der Waals surface area contributed by atoms with Gasteiger partial charge < -0.3 is 5.11 Å². The Balaban J connectivity index is 3.56.